The van der Waals surface area contributed by atoms with Crippen molar-refractivity contribution in [2.24, 2.45) is 9.98 Å². The lowest BCUT2D eigenvalue weighted by atomic mass is 10.0. The molecule has 3 aliphatic rings. The lowest BCUT2D eigenvalue weighted by molar-refractivity contribution is -0.599. The molecule has 1 aromatic heterocycles. The highest BCUT2D eigenvalue weighted by Crippen LogP contribution is 2.41. The second kappa shape index (κ2) is 6.46. The quantitative estimate of drug-likeness (QED) is 0.498. The van der Waals surface area contributed by atoms with E-state index in [1.165, 1.54) is 0 Å². The number of fused-ring (bicyclic) bond motifs is 2. The van der Waals surface area contributed by atoms with E-state index in [4.69, 9.17) is 21.8 Å². The smallest absolute Gasteiger partial charge is 0.253 e. The molecule has 0 spiro atoms. The Hall–Kier alpha value is -3.60. The Balaban J connectivity index is 1.48. The summed E-state index contributed by atoms with van der Waals surface area (Å²) >= 11 is 7.07. The number of rotatable bonds is 3. The first-order valence-electron chi connectivity index (χ1n) is 9.71. The second-order valence-electron chi connectivity index (χ2n) is 7.33. The highest BCUT2D eigenvalue weighted by Gasteiger charge is 2.46. The molecule has 5 heteroatoms. The normalized spacial score (nSPS) is 21.5. The number of quaternary nitrogens is 1. The summed E-state index contributed by atoms with van der Waals surface area (Å²) in [5.74, 6) is 0.749. The number of benzene rings is 2. The first kappa shape index (κ1) is 17.3. The number of hydrogen-bond donors (Lipinski definition) is 0. The lowest BCUT2D eigenvalue weighted by Crippen LogP contribution is -2.37. The molecular formula is C25H16ClN4+. The van der Waals surface area contributed by atoms with Crippen molar-refractivity contribution < 1.29 is 4.00 Å². The van der Waals surface area contributed by atoms with Crippen molar-refractivity contribution in [3.63, 3.8) is 0 Å². The van der Waals surface area contributed by atoms with Crippen LogP contribution in [0.2, 0.25) is 0 Å². The van der Waals surface area contributed by atoms with Gasteiger partial charge in [-0.2, -0.15) is 4.99 Å². The van der Waals surface area contributed by atoms with E-state index in [1.807, 2.05) is 42.6 Å². The van der Waals surface area contributed by atoms with Gasteiger partial charge in [0.2, 0.25) is 5.70 Å². The van der Waals surface area contributed by atoms with Crippen molar-refractivity contribution in [3.05, 3.63) is 114 Å². The third-order valence-electron chi connectivity index (χ3n) is 5.52. The number of allylic oxidation sites excluding steroid dienone is 4. The Labute approximate surface area is 178 Å². The second-order valence-corrected chi connectivity index (χ2v) is 7.87. The van der Waals surface area contributed by atoms with Gasteiger partial charge in [0.25, 0.3) is 5.84 Å². The molecule has 3 heterocycles. The van der Waals surface area contributed by atoms with E-state index in [9.17, 15) is 0 Å². The lowest BCUT2D eigenvalue weighted by Gasteiger charge is -2.23. The zero-order valence-electron chi connectivity index (χ0n) is 15.9. The minimum Gasteiger partial charge on any atom is -0.253 e. The summed E-state index contributed by atoms with van der Waals surface area (Å²) in [4.78, 5) is 14.1. The van der Waals surface area contributed by atoms with Crippen LogP contribution in [0.3, 0.4) is 0 Å². The van der Waals surface area contributed by atoms with Gasteiger partial charge in [0.1, 0.15) is 11.9 Å². The van der Waals surface area contributed by atoms with Crippen LogP contribution in [-0.4, -0.2) is 21.0 Å². The molecule has 30 heavy (non-hydrogen) atoms. The van der Waals surface area contributed by atoms with Gasteiger partial charge >= 0.3 is 0 Å². The minimum absolute atomic E-state index is 0.0199. The third-order valence-corrected chi connectivity index (χ3v) is 5.97. The molecule has 0 radical (unpaired) electrons. The average Bonchev–Trinajstić information content (AvgIpc) is 3.05. The van der Waals surface area contributed by atoms with Gasteiger partial charge < -0.3 is 0 Å². The number of aromatic nitrogens is 1. The number of hydrogen-bond acceptors (Lipinski definition) is 3. The van der Waals surface area contributed by atoms with Gasteiger partial charge in [-0.3, -0.25) is 4.99 Å². The molecule has 0 amide bonds. The van der Waals surface area contributed by atoms with Crippen LogP contribution in [0.1, 0.15) is 5.56 Å². The van der Waals surface area contributed by atoms with Crippen molar-refractivity contribution in [2.75, 3.05) is 0 Å². The van der Waals surface area contributed by atoms with Crippen LogP contribution in [0.25, 0.3) is 22.2 Å². The van der Waals surface area contributed by atoms with Gasteiger partial charge in [0.15, 0.2) is 11.8 Å². The minimum atomic E-state index is -0.0199. The van der Waals surface area contributed by atoms with Gasteiger partial charge in [-0.1, -0.05) is 60.7 Å². The maximum atomic E-state index is 7.07. The number of aliphatic imine (C=N–C) groups is 2. The average molecular weight is 408 g/mol. The van der Waals surface area contributed by atoms with E-state index < -0.39 is 0 Å². The molecule has 4 nitrogen and oxygen atoms in total. The fraction of sp³-hybridized carbons (Fsp3) is 0. The van der Waals surface area contributed by atoms with E-state index in [1.54, 1.807) is 12.4 Å². The predicted molar refractivity (Wildman–Crippen MR) is 122 cm³/mol. The van der Waals surface area contributed by atoms with E-state index in [-0.39, 0.29) is 4.00 Å². The zero-order valence-corrected chi connectivity index (χ0v) is 16.7. The molecule has 6 rings (SSSR count). The van der Waals surface area contributed by atoms with E-state index in [0.29, 0.717) is 0 Å². The molecule has 0 bridgehead atoms. The number of pyridine rings is 1. The third kappa shape index (κ3) is 2.55. The monoisotopic (exact) mass is 407 g/mol. The summed E-state index contributed by atoms with van der Waals surface area (Å²) in [6.45, 7) is 0. The first-order chi connectivity index (χ1) is 14.7. The molecule has 1 aliphatic carbocycles. The summed E-state index contributed by atoms with van der Waals surface area (Å²) in [5, 5.41) is 1.08. The zero-order chi connectivity index (χ0) is 20.1. The van der Waals surface area contributed by atoms with Crippen LogP contribution in [0.5, 0.6) is 0 Å². The fourth-order valence-corrected chi connectivity index (χ4v) is 4.19. The standard InChI is InChI=1S/C25H16ClN4/c26-30-14-13-27-16-23(30)24(19-7-4-8-19)29-25(30)20-10-9-18-11-12-21(28-22(18)15-20)17-5-2-1-3-6-17/h1-16H/q+1. The highest BCUT2D eigenvalue weighted by molar-refractivity contribution is 6.21. The van der Waals surface area contributed by atoms with Crippen LogP contribution >= 0.6 is 11.8 Å². The van der Waals surface area contributed by atoms with Crippen LogP contribution in [0.15, 0.2) is 118 Å². The fourth-order valence-electron chi connectivity index (χ4n) is 3.89. The molecule has 142 valence electrons. The van der Waals surface area contributed by atoms with Crippen LogP contribution in [0, 0.1) is 0 Å². The molecule has 1 atom stereocenters. The summed E-state index contributed by atoms with van der Waals surface area (Å²) in [6.07, 6.45) is 11.4. The van der Waals surface area contributed by atoms with Crippen molar-refractivity contribution in [3.8, 4) is 11.3 Å². The molecule has 0 N–H and O–H groups in total. The molecule has 2 aromatic carbocycles. The molecule has 0 saturated carbocycles. The van der Waals surface area contributed by atoms with Crippen molar-refractivity contribution in [2.45, 2.75) is 0 Å². The van der Waals surface area contributed by atoms with E-state index in [0.717, 1.165) is 50.5 Å². The molecule has 2 aliphatic heterocycles. The van der Waals surface area contributed by atoms with E-state index in [2.05, 4.69) is 47.5 Å². The number of amidine groups is 1. The largest absolute Gasteiger partial charge is 0.264 e. The first-order valence-corrected chi connectivity index (χ1v) is 10.0. The van der Waals surface area contributed by atoms with Gasteiger partial charge in [-0.15, -0.1) is 4.00 Å². The predicted octanol–water partition coefficient (Wildman–Crippen LogP) is 5.90. The number of halogens is 1. The van der Waals surface area contributed by atoms with Crippen LogP contribution in [0.4, 0.5) is 0 Å². The summed E-state index contributed by atoms with van der Waals surface area (Å²) < 4.78 is -0.0199. The van der Waals surface area contributed by atoms with Crippen molar-refractivity contribution >= 4 is 34.7 Å². The molecular weight excluding hydrogens is 392 g/mol. The van der Waals surface area contributed by atoms with Crippen molar-refractivity contribution in [1.29, 1.82) is 0 Å². The Kier molecular flexibility index (Phi) is 3.72. The van der Waals surface area contributed by atoms with Gasteiger partial charge in [-0.05, 0) is 18.2 Å². The molecule has 0 saturated heterocycles. The Morgan fingerprint density at radius 2 is 1.73 bits per heavy atom. The maximum Gasteiger partial charge on any atom is 0.264 e. The van der Waals surface area contributed by atoms with Gasteiger partial charge in [0.05, 0.1) is 29.2 Å². The Morgan fingerprint density at radius 3 is 2.53 bits per heavy atom. The Morgan fingerprint density at radius 1 is 0.900 bits per heavy atom. The molecule has 1 unspecified atom stereocenters. The Bertz CT molecular complexity index is 1390. The van der Waals surface area contributed by atoms with Crippen LogP contribution < -0.4 is 0 Å². The summed E-state index contributed by atoms with van der Waals surface area (Å²) in [5.41, 5.74) is 6.66. The molecule has 3 aromatic rings. The topological polar surface area (TPSA) is 37.6 Å². The van der Waals surface area contributed by atoms with Crippen molar-refractivity contribution in [1.82, 2.24) is 4.98 Å². The maximum absolute atomic E-state index is 7.07. The van der Waals surface area contributed by atoms with Gasteiger partial charge in [0, 0.05) is 16.5 Å². The summed E-state index contributed by atoms with van der Waals surface area (Å²) in [6, 6.07) is 20.5. The molecule has 0 fully saturated rings. The SMILES string of the molecule is Cl[N+]12C=CN=CC1=C(C1=CC=C1)N=C2c1ccc2ccc(-c3ccccc3)nc2c1. The van der Waals surface area contributed by atoms with E-state index >= 15 is 0 Å². The number of nitrogens with zero attached hydrogens (tertiary/aromatic N) is 4. The summed E-state index contributed by atoms with van der Waals surface area (Å²) in [7, 11) is 0. The highest BCUT2D eigenvalue weighted by atomic mass is 35.5. The van der Waals surface area contributed by atoms with Gasteiger partial charge in [-0.25, -0.2) is 4.98 Å². The van der Waals surface area contributed by atoms with Crippen LogP contribution in [-0.2, 0) is 0 Å².